The highest BCUT2D eigenvalue weighted by molar-refractivity contribution is 5.97. The molecule has 0 unspecified atom stereocenters. The molecule has 2 aromatic rings. The number of amides is 3. The minimum absolute atomic E-state index is 0.121. The van der Waals surface area contributed by atoms with Crippen molar-refractivity contribution in [2.24, 2.45) is 0 Å². The highest BCUT2D eigenvalue weighted by Gasteiger charge is 2.23. The van der Waals surface area contributed by atoms with Crippen LogP contribution in [0.15, 0.2) is 48.5 Å². The quantitative estimate of drug-likeness (QED) is 0.569. The molecule has 1 aliphatic rings. The van der Waals surface area contributed by atoms with Gasteiger partial charge in [0.15, 0.2) is 0 Å². The molecule has 3 rings (SSSR count). The van der Waals surface area contributed by atoms with E-state index in [1.54, 1.807) is 55.6 Å². The van der Waals surface area contributed by atoms with E-state index in [9.17, 15) is 14.4 Å². The number of nitrogens with one attached hydrogen (secondary N) is 3. The molecule has 1 saturated carbocycles. The van der Waals surface area contributed by atoms with E-state index in [0.717, 1.165) is 12.8 Å². The molecule has 0 spiro atoms. The first-order valence-corrected chi connectivity index (χ1v) is 9.68. The highest BCUT2D eigenvalue weighted by Crippen LogP contribution is 2.20. The van der Waals surface area contributed by atoms with Gasteiger partial charge in [0, 0.05) is 35.8 Å². The molecule has 2 aromatic carbocycles. The van der Waals surface area contributed by atoms with E-state index in [4.69, 9.17) is 4.74 Å². The lowest BCUT2D eigenvalue weighted by Crippen LogP contribution is -2.26. The topological polar surface area (TPSA) is 96.5 Å². The Morgan fingerprint density at radius 3 is 2.45 bits per heavy atom. The van der Waals surface area contributed by atoms with E-state index in [-0.39, 0.29) is 30.2 Å². The number of rotatable bonds is 9. The van der Waals surface area contributed by atoms with Crippen molar-refractivity contribution < 1.29 is 19.1 Å². The summed E-state index contributed by atoms with van der Waals surface area (Å²) in [7, 11) is 1.57. The summed E-state index contributed by atoms with van der Waals surface area (Å²) in [5, 5.41) is 8.51. The first-order chi connectivity index (χ1) is 14.0. The highest BCUT2D eigenvalue weighted by atomic mass is 16.5. The van der Waals surface area contributed by atoms with Gasteiger partial charge in [-0.2, -0.15) is 0 Å². The van der Waals surface area contributed by atoms with Gasteiger partial charge in [-0.05, 0) is 61.7 Å². The Labute approximate surface area is 169 Å². The summed E-state index contributed by atoms with van der Waals surface area (Å²) < 4.78 is 5.06. The van der Waals surface area contributed by atoms with Crippen LogP contribution in [0.2, 0.25) is 0 Å². The summed E-state index contributed by atoms with van der Waals surface area (Å²) in [6, 6.07) is 14.0. The average Bonchev–Trinajstić information content (AvgIpc) is 3.55. The van der Waals surface area contributed by atoms with E-state index in [2.05, 4.69) is 16.0 Å². The Hall–Kier alpha value is -3.35. The second kappa shape index (κ2) is 9.73. The molecule has 3 amide bonds. The first-order valence-electron chi connectivity index (χ1n) is 9.68. The van der Waals surface area contributed by atoms with E-state index in [1.807, 2.05) is 0 Å². The van der Waals surface area contributed by atoms with Crippen molar-refractivity contribution in [1.29, 1.82) is 0 Å². The number of methoxy groups -OCH3 is 1. The third-order valence-corrected chi connectivity index (χ3v) is 4.54. The summed E-state index contributed by atoms with van der Waals surface area (Å²) in [6.07, 6.45) is 2.82. The Morgan fingerprint density at radius 1 is 1.00 bits per heavy atom. The molecule has 0 aliphatic heterocycles. The largest absolute Gasteiger partial charge is 0.497 e. The average molecular weight is 395 g/mol. The molecule has 0 aromatic heterocycles. The van der Waals surface area contributed by atoms with Gasteiger partial charge in [0.05, 0.1) is 7.11 Å². The molecule has 152 valence electrons. The third kappa shape index (κ3) is 6.34. The normalized spacial score (nSPS) is 12.7. The summed E-state index contributed by atoms with van der Waals surface area (Å²) in [5.74, 6) is 0.211. The molecule has 0 saturated heterocycles. The number of carbonyl (C=O) groups is 3. The Kier molecular flexibility index (Phi) is 6.84. The summed E-state index contributed by atoms with van der Waals surface area (Å²) in [6.45, 7) is 0.391. The van der Waals surface area contributed by atoms with E-state index >= 15 is 0 Å². The molecule has 7 heteroatoms. The van der Waals surface area contributed by atoms with Gasteiger partial charge in [0.1, 0.15) is 5.75 Å². The maximum absolute atomic E-state index is 12.1. The lowest BCUT2D eigenvalue weighted by molar-refractivity contribution is -0.116. The van der Waals surface area contributed by atoms with Crippen LogP contribution in [0.25, 0.3) is 0 Å². The fraction of sp³-hybridized carbons (Fsp3) is 0.318. The van der Waals surface area contributed by atoms with Gasteiger partial charge in [-0.3, -0.25) is 14.4 Å². The molecular formula is C22H25N3O4. The van der Waals surface area contributed by atoms with Crippen molar-refractivity contribution in [2.75, 3.05) is 19.0 Å². The van der Waals surface area contributed by atoms with Gasteiger partial charge in [-0.25, -0.2) is 0 Å². The molecule has 1 aliphatic carbocycles. The number of hydrogen-bond donors (Lipinski definition) is 3. The van der Waals surface area contributed by atoms with Gasteiger partial charge in [-0.15, -0.1) is 0 Å². The number of ether oxygens (including phenoxy) is 1. The lowest BCUT2D eigenvalue weighted by Gasteiger charge is -2.09. The molecule has 0 heterocycles. The van der Waals surface area contributed by atoms with Crippen molar-refractivity contribution in [3.8, 4) is 5.75 Å². The third-order valence-electron chi connectivity index (χ3n) is 4.54. The smallest absolute Gasteiger partial charge is 0.251 e. The van der Waals surface area contributed by atoms with Crippen molar-refractivity contribution in [3.05, 3.63) is 59.7 Å². The molecule has 7 nitrogen and oxygen atoms in total. The molecular weight excluding hydrogens is 370 g/mol. The Bertz CT molecular complexity index is 876. The molecule has 0 bridgehead atoms. The monoisotopic (exact) mass is 395 g/mol. The predicted octanol–water partition coefficient (Wildman–Crippen LogP) is 2.74. The molecule has 29 heavy (non-hydrogen) atoms. The zero-order chi connectivity index (χ0) is 20.6. The van der Waals surface area contributed by atoms with Gasteiger partial charge in [-0.1, -0.05) is 6.07 Å². The Morgan fingerprint density at radius 2 is 1.76 bits per heavy atom. The van der Waals surface area contributed by atoms with Crippen LogP contribution in [0.1, 0.15) is 46.4 Å². The first kappa shape index (κ1) is 20.4. The maximum atomic E-state index is 12.1. The van der Waals surface area contributed by atoms with Crippen LogP contribution < -0.4 is 20.7 Å². The summed E-state index contributed by atoms with van der Waals surface area (Å²) in [5.41, 5.74) is 1.65. The van der Waals surface area contributed by atoms with E-state index in [0.29, 0.717) is 35.5 Å². The minimum Gasteiger partial charge on any atom is -0.497 e. The van der Waals surface area contributed by atoms with E-state index in [1.165, 1.54) is 0 Å². The van der Waals surface area contributed by atoms with Gasteiger partial charge in [0.25, 0.3) is 11.8 Å². The van der Waals surface area contributed by atoms with E-state index < -0.39 is 0 Å². The fourth-order valence-corrected chi connectivity index (χ4v) is 2.75. The number of carbonyl (C=O) groups excluding carboxylic acids is 3. The summed E-state index contributed by atoms with van der Waals surface area (Å²) >= 11 is 0. The minimum atomic E-state index is -0.192. The van der Waals surface area contributed by atoms with Crippen LogP contribution in [-0.4, -0.2) is 37.4 Å². The molecule has 0 atom stereocenters. The number of anilines is 1. The number of benzene rings is 2. The van der Waals surface area contributed by atoms with Crippen LogP contribution in [0, 0.1) is 0 Å². The zero-order valence-corrected chi connectivity index (χ0v) is 16.4. The van der Waals surface area contributed by atoms with Crippen molar-refractivity contribution in [1.82, 2.24) is 10.6 Å². The van der Waals surface area contributed by atoms with Crippen LogP contribution in [0.5, 0.6) is 5.75 Å². The van der Waals surface area contributed by atoms with Crippen LogP contribution in [0.4, 0.5) is 5.69 Å². The van der Waals surface area contributed by atoms with Crippen LogP contribution in [0.3, 0.4) is 0 Å². The van der Waals surface area contributed by atoms with Gasteiger partial charge < -0.3 is 20.7 Å². The zero-order valence-electron chi connectivity index (χ0n) is 16.4. The van der Waals surface area contributed by atoms with Crippen molar-refractivity contribution >= 4 is 23.4 Å². The molecule has 3 N–H and O–H groups in total. The van der Waals surface area contributed by atoms with Crippen LogP contribution >= 0.6 is 0 Å². The standard InChI is InChI=1S/C22H25N3O4/c1-29-19-11-7-15(8-12-19)21(27)23-13-3-6-20(26)24-18-5-2-4-16(14-18)22(28)25-17-9-10-17/h2,4-5,7-8,11-12,14,17H,3,6,9-10,13H2,1H3,(H,23,27)(H,24,26)(H,25,28). The van der Waals surface area contributed by atoms with Gasteiger partial charge >= 0.3 is 0 Å². The maximum Gasteiger partial charge on any atom is 0.251 e. The van der Waals surface area contributed by atoms with Crippen molar-refractivity contribution in [3.63, 3.8) is 0 Å². The predicted molar refractivity (Wildman–Crippen MR) is 110 cm³/mol. The van der Waals surface area contributed by atoms with Crippen LogP contribution in [-0.2, 0) is 4.79 Å². The summed E-state index contributed by atoms with van der Waals surface area (Å²) in [4.78, 5) is 36.3. The Balaban J connectivity index is 1.39. The lowest BCUT2D eigenvalue weighted by atomic mass is 10.1. The number of hydrogen-bond acceptors (Lipinski definition) is 4. The van der Waals surface area contributed by atoms with Crippen molar-refractivity contribution in [2.45, 2.75) is 31.7 Å². The molecule has 0 radical (unpaired) electrons. The molecule has 1 fully saturated rings. The fourth-order valence-electron chi connectivity index (χ4n) is 2.75. The SMILES string of the molecule is COc1ccc(C(=O)NCCCC(=O)Nc2cccc(C(=O)NC3CC3)c2)cc1. The second-order valence-electron chi connectivity index (χ2n) is 6.96. The second-order valence-corrected chi connectivity index (χ2v) is 6.96. The van der Waals surface area contributed by atoms with Gasteiger partial charge in [0.2, 0.25) is 5.91 Å².